The van der Waals surface area contributed by atoms with Crippen molar-refractivity contribution in [1.29, 1.82) is 0 Å². The summed E-state index contributed by atoms with van der Waals surface area (Å²) >= 11 is 0. The average Bonchev–Trinajstić information content (AvgIpc) is 2.55. The van der Waals surface area contributed by atoms with E-state index in [2.05, 4.69) is 10.2 Å². The van der Waals surface area contributed by atoms with E-state index in [-0.39, 0.29) is 30.2 Å². The summed E-state index contributed by atoms with van der Waals surface area (Å²) in [6, 6.07) is -0.633. The Hall–Kier alpha value is -1.14. The molecule has 2 saturated heterocycles. The summed E-state index contributed by atoms with van der Waals surface area (Å²) in [5.41, 5.74) is 0. The predicted octanol–water partition coefficient (Wildman–Crippen LogP) is 1.02. The second-order valence-electron chi connectivity index (χ2n) is 6.33. The highest BCUT2D eigenvalue weighted by Gasteiger charge is 2.39. The molecule has 6 nitrogen and oxygen atoms in total. The molecule has 0 aliphatic carbocycles. The van der Waals surface area contributed by atoms with Gasteiger partial charge >= 0.3 is 6.03 Å². The van der Waals surface area contributed by atoms with Crippen LogP contribution in [0.4, 0.5) is 4.79 Å². The first-order valence-electron chi connectivity index (χ1n) is 7.36. The van der Waals surface area contributed by atoms with E-state index in [1.807, 2.05) is 27.7 Å². The molecule has 114 valence electrons. The number of hydrogen-bond donors (Lipinski definition) is 1. The minimum absolute atomic E-state index is 0.101. The zero-order chi connectivity index (χ0) is 14.9. The molecule has 0 saturated carbocycles. The summed E-state index contributed by atoms with van der Waals surface area (Å²) in [6.07, 6.45) is 0.953. The van der Waals surface area contributed by atoms with Crippen LogP contribution in [-0.2, 0) is 9.53 Å². The Morgan fingerprint density at radius 3 is 2.40 bits per heavy atom. The van der Waals surface area contributed by atoms with Gasteiger partial charge in [-0.2, -0.15) is 0 Å². The van der Waals surface area contributed by atoms with Crippen LogP contribution in [0.2, 0.25) is 0 Å². The summed E-state index contributed by atoms with van der Waals surface area (Å²) in [5, 5.41) is 2.78. The molecular weight excluding hydrogens is 258 g/mol. The zero-order valence-electron chi connectivity index (χ0n) is 12.8. The van der Waals surface area contributed by atoms with Crippen molar-refractivity contribution in [3.63, 3.8) is 0 Å². The van der Waals surface area contributed by atoms with E-state index in [0.717, 1.165) is 13.1 Å². The van der Waals surface area contributed by atoms with Crippen LogP contribution >= 0.6 is 0 Å². The van der Waals surface area contributed by atoms with E-state index in [1.54, 1.807) is 0 Å². The van der Waals surface area contributed by atoms with Crippen LogP contribution in [0.3, 0.4) is 0 Å². The molecule has 3 amide bonds. The van der Waals surface area contributed by atoms with Gasteiger partial charge in [0.15, 0.2) is 0 Å². The van der Waals surface area contributed by atoms with E-state index in [9.17, 15) is 9.59 Å². The molecule has 0 aromatic heterocycles. The number of carbonyl (C=O) groups excluding carboxylic acids is 2. The van der Waals surface area contributed by atoms with Crippen molar-refractivity contribution in [1.82, 2.24) is 15.1 Å². The van der Waals surface area contributed by atoms with Gasteiger partial charge in [-0.25, -0.2) is 9.69 Å². The minimum Gasteiger partial charge on any atom is -0.373 e. The lowest BCUT2D eigenvalue weighted by molar-refractivity contribution is -0.132. The van der Waals surface area contributed by atoms with Gasteiger partial charge in [0.25, 0.3) is 5.91 Å². The van der Waals surface area contributed by atoms with Gasteiger partial charge < -0.3 is 10.1 Å². The molecule has 2 heterocycles. The Morgan fingerprint density at radius 1 is 1.25 bits per heavy atom. The molecule has 0 aromatic rings. The second kappa shape index (κ2) is 6.10. The largest absolute Gasteiger partial charge is 0.373 e. The summed E-state index contributed by atoms with van der Waals surface area (Å²) in [4.78, 5) is 27.7. The van der Waals surface area contributed by atoms with Crippen LogP contribution in [0.5, 0.6) is 0 Å². The Morgan fingerprint density at radius 2 is 1.85 bits per heavy atom. The predicted molar refractivity (Wildman–Crippen MR) is 75.1 cm³/mol. The molecule has 0 spiro atoms. The molecule has 1 N–H and O–H groups in total. The Kier molecular flexibility index (Phi) is 4.65. The third-order valence-electron chi connectivity index (χ3n) is 3.65. The van der Waals surface area contributed by atoms with E-state index in [0.29, 0.717) is 19.0 Å². The molecule has 2 rings (SSSR count). The van der Waals surface area contributed by atoms with Gasteiger partial charge in [0.05, 0.1) is 18.9 Å². The van der Waals surface area contributed by atoms with Gasteiger partial charge in [-0.15, -0.1) is 0 Å². The number of morpholine rings is 1. The lowest BCUT2D eigenvalue weighted by Gasteiger charge is -2.36. The number of hydrogen-bond acceptors (Lipinski definition) is 4. The van der Waals surface area contributed by atoms with E-state index >= 15 is 0 Å². The number of carbonyl (C=O) groups is 2. The van der Waals surface area contributed by atoms with Gasteiger partial charge in [0.2, 0.25) is 0 Å². The van der Waals surface area contributed by atoms with Crippen molar-refractivity contribution in [2.24, 2.45) is 5.92 Å². The number of nitrogens with one attached hydrogen (secondary N) is 1. The number of urea groups is 1. The van der Waals surface area contributed by atoms with Gasteiger partial charge in [-0.1, -0.05) is 13.8 Å². The van der Waals surface area contributed by atoms with Gasteiger partial charge in [0, 0.05) is 13.1 Å². The highest BCUT2D eigenvalue weighted by molar-refractivity contribution is 6.04. The Labute approximate surface area is 120 Å². The fourth-order valence-corrected chi connectivity index (χ4v) is 2.94. The van der Waals surface area contributed by atoms with Crippen LogP contribution in [-0.4, -0.2) is 59.7 Å². The molecule has 3 atom stereocenters. The lowest BCUT2D eigenvalue weighted by Crippen LogP contribution is -2.51. The Bertz CT molecular complexity index is 376. The first-order valence-corrected chi connectivity index (χ1v) is 7.36. The van der Waals surface area contributed by atoms with Crippen LogP contribution in [0.25, 0.3) is 0 Å². The number of rotatable bonds is 4. The number of ether oxygens (including phenoxy) is 1. The molecule has 0 unspecified atom stereocenters. The maximum Gasteiger partial charge on any atom is 0.325 e. The normalized spacial score (nSPS) is 32.0. The van der Waals surface area contributed by atoms with Crippen molar-refractivity contribution < 1.29 is 14.3 Å². The van der Waals surface area contributed by atoms with Crippen LogP contribution in [0.15, 0.2) is 0 Å². The molecular formula is C14H25N3O3. The summed E-state index contributed by atoms with van der Waals surface area (Å²) in [7, 11) is 0. The Balaban J connectivity index is 1.95. The molecule has 0 radical (unpaired) electrons. The minimum atomic E-state index is -0.363. The topological polar surface area (TPSA) is 61.9 Å². The summed E-state index contributed by atoms with van der Waals surface area (Å²) in [6.45, 7) is 9.97. The highest BCUT2D eigenvalue weighted by atomic mass is 16.5. The van der Waals surface area contributed by atoms with Crippen LogP contribution in [0, 0.1) is 5.92 Å². The van der Waals surface area contributed by atoms with Crippen LogP contribution < -0.4 is 5.32 Å². The first-order chi connectivity index (χ1) is 9.36. The maximum absolute atomic E-state index is 12.3. The molecule has 2 aliphatic rings. The SMILES string of the molecule is CC(C)C[C@@H]1NC(=O)N(CN2C[C@H](C)O[C@@H](C)C2)C1=O. The molecule has 0 bridgehead atoms. The monoisotopic (exact) mass is 283 g/mol. The van der Waals surface area contributed by atoms with Gasteiger partial charge in [-0.3, -0.25) is 9.69 Å². The van der Waals surface area contributed by atoms with Crippen molar-refractivity contribution in [3.05, 3.63) is 0 Å². The average molecular weight is 283 g/mol. The van der Waals surface area contributed by atoms with Gasteiger partial charge in [0.1, 0.15) is 6.04 Å². The summed E-state index contributed by atoms with van der Waals surface area (Å²) in [5.74, 6) is 0.281. The van der Waals surface area contributed by atoms with Crippen molar-refractivity contribution in [2.75, 3.05) is 19.8 Å². The fraction of sp³-hybridized carbons (Fsp3) is 0.857. The van der Waals surface area contributed by atoms with Crippen LogP contribution in [0.1, 0.15) is 34.1 Å². The molecule has 20 heavy (non-hydrogen) atoms. The van der Waals surface area contributed by atoms with Crippen molar-refractivity contribution in [2.45, 2.75) is 52.4 Å². The van der Waals surface area contributed by atoms with E-state index in [4.69, 9.17) is 4.74 Å². The fourth-order valence-electron chi connectivity index (χ4n) is 2.94. The smallest absolute Gasteiger partial charge is 0.325 e. The van der Waals surface area contributed by atoms with Crippen molar-refractivity contribution in [3.8, 4) is 0 Å². The third-order valence-corrected chi connectivity index (χ3v) is 3.65. The lowest BCUT2D eigenvalue weighted by atomic mass is 10.0. The third kappa shape index (κ3) is 3.49. The molecule has 2 fully saturated rings. The quantitative estimate of drug-likeness (QED) is 0.783. The molecule has 6 heteroatoms. The van der Waals surface area contributed by atoms with Crippen molar-refractivity contribution >= 4 is 11.9 Å². The highest BCUT2D eigenvalue weighted by Crippen LogP contribution is 2.17. The number of imide groups is 1. The van der Waals surface area contributed by atoms with Gasteiger partial charge in [-0.05, 0) is 26.2 Å². The standard InChI is InChI=1S/C14H25N3O3/c1-9(2)5-12-13(18)17(14(19)15-12)8-16-6-10(3)20-11(4)7-16/h9-12H,5-8H2,1-4H3,(H,15,19)/t10-,11-,12-/m0/s1. The number of nitrogens with zero attached hydrogens (tertiary/aromatic N) is 2. The second-order valence-corrected chi connectivity index (χ2v) is 6.33. The maximum atomic E-state index is 12.3. The number of amides is 3. The van der Waals surface area contributed by atoms with E-state index < -0.39 is 0 Å². The molecule has 0 aromatic carbocycles. The summed E-state index contributed by atoms with van der Waals surface area (Å²) < 4.78 is 5.66. The zero-order valence-corrected chi connectivity index (χ0v) is 12.8. The first kappa shape index (κ1) is 15.3. The van der Waals surface area contributed by atoms with E-state index in [1.165, 1.54) is 4.90 Å². The molecule has 2 aliphatic heterocycles.